The molecule has 2 bridgehead atoms. The highest BCUT2D eigenvalue weighted by Crippen LogP contribution is 2.65. The fourth-order valence-corrected chi connectivity index (χ4v) is 5.58. The van der Waals surface area contributed by atoms with Crippen LogP contribution >= 0.6 is 0 Å². The summed E-state index contributed by atoms with van der Waals surface area (Å²) in [5.41, 5.74) is 1.64. The number of fused-ring (bicyclic) bond motifs is 3. The molecule has 4 aliphatic rings. The zero-order chi connectivity index (χ0) is 18.1. The Morgan fingerprint density at radius 1 is 1.40 bits per heavy atom. The number of carbonyl (C=O) groups is 1. The number of methoxy groups -OCH3 is 1. The Morgan fingerprint density at radius 2 is 2.12 bits per heavy atom. The molecule has 5 heteroatoms. The van der Waals surface area contributed by atoms with E-state index in [0.29, 0.717) is 17.7 Å². The van der Waals surface area contributed by atoms with Gasteiger partial charge in [-0.2, -0.15) is 0 Å². The van der Waals surface area contributed by atoms with E-state index in [1.54, 1.807) is 13.2 Å². The monoisotopic (exact) mass is 344 g/mol. The fraction of sp³-hybridized carbons (Fsp3) is 0.550. The minimum Gasteiger partial charge on any atom is -0.496 e. The minimum absolute atomic E-state index is 0.0207. The average Bonchev–Trinajstić information content (AvgIpc) is 2.89. The molecule has 0 spiro atoms. The largest absolute Gasteiger partial charge is 0.496 e. The third-order valence-electron chi connectivity index (χ3n) is 6.78. The maximum absolute atomic E-state index is 13.3. The van der Waals surface area contributed by atoms with Gasteiger partial charge >= 0.3 is 0 Å². The van der Waals surface area contributed by atoms with Crippen LogP contribution in [0.1, 0.15) is 40.7 Å². The maximum Gasteiger partial charge on any atom is 0.169 e. The molecule has 3 fully saturated rings. The lowest BCUT2D eigenvalue weighted by Gasteiger charge is -2.61. The Labute approximate surface area is 147 Å². The molecule has 1 saturated carbocycles. The number of hydrogen-bond donors (Lipinski definition) is 2. The first-order chi connectivity index (χ1) is 11.9. The first-order valence-corrected chi connectivity index (χ1v) is 8.74. The van der Waals surface area contributed by atoms with Gasteiger partial charge in [0.15, 0.2) is 12.1 Å². The Morgan fingerprint density at radius 3 is 2.76 bits per heavy atom. The topological polar surface area (TPSA) is 76.0 Å². The van der Waals surface area contributed by atoms with Crippen molar-refractivity contribution in [3.8, 4) is 5.75 Å². The number of rotatable bonds is 3. The van der Waals surface area contributed by atoms with E-state index in [9.17, 15) is 15.0 Å². The number of benzene rings is 1. The molecule has 2 aliphatic heterocycles. The van der Waals surface area contributed by atoms with Crippen LogP contribution in [0.15, 0.2) is 24.8 Å². The number of allylic oxidation sites excluding steroid dienone is 1. The van der Waals surface area contributed by atoms with Gasteiger partial charge in [-0.3, -0.25) is 4.79 Å². The van der Waals surface area contributed by atoms with Gasteiger partial charge in [0, 0.05) is 22.5 Å². The van der Waals surface area contributed by atoms with Gasteiger partial charge in [-0.05, 0) is 30.9 Å². The van der Waals surface area contributed by atoms with Crippen molar-refractivity contribution >= 4 is 5.78 Å². The Balaban J connectivity index is 1.98. The number of aliphatic hydroxyl groups is 2. The van der Waals surface area contributed by atoms with Gasteiger partial charge in [-0.1, -0.05) is 19.1 Å². The predicted octanol–water partition coefficient (Wildman–Crippen LogP) is 2.19. The Hall–Kier alpha value is -1.69. The number of Topliss-reactive ketones (excluding diaryl/α,β-unsaturated/α-hetero) is 1. The lowest BCUT2D eigenvalue weighted by Crippen LogP contribution is -2.68. The number of hydrogen-bond acceptors (Lipinski definition) is 5. The number of ketones is 1. The highest BCUT2D eigenvalue weighted by molar-refractivity contribution is 6.05. The predicted molar refractivity (Wildman–Crippen MR) is 91.6 cm³/mol. The molecule has 2 saturated heterocycles. The van der Waals surface area contributed by atoms with Gasteiger partial charge in [-0.25, -0.2) is 0 Å². The van der Waals surface area contributed by atoms with E-state index in [1.165, 1.54) is 0 Å². The summed E-state index contributed by atoms with van der Waals surface area (Å²) < 4.78 is 11.1. The molecule has 5 nitrogen and oxygen atoms in total. The molecule has 5 rings (SSSR count). The van der Waals surface area contributed by atoms with Gasteiger partial charge in [0.25, 0.3) is 0 Å². The summed E-state index contributed by atoms with van der Waals surface area (Å²) >= 11 is 0. The second kappa shape index (κ2) is 5.40. The van der Waals surface area contributed by atoms with Gasteiger partial charge in [0.2, 0.25) is 0 Å². The fourth-order valence-electron chi connectivity index (χ4n) is 5.58. The summed E-state index contributed by atoms with van der Waals surface area (Å²) in [7, 11) is 1.59. The van der Waals surface area contributed by atoms with Gasteiger partial charge < -0.3 is 19.7 Å². The molecule has 25 heavy (non-hydrogen) atoms. The summed E-state index contributed by atoms with van der Waals surface area (Å²) in [6, 6.07) is 3.81. The molecule has 1 aromatic rings. The summed E-state index contributed by atoms with van der Waals surface area (Å²) in [4.78, 5) is 13.3. The Kier molecular flexibility index (Phi) is 3.62. The second-order valence-electron chi connectivity index (χ2n) is 7.56. The maximum atomic E-state index is 13.3. The molecule has 0 amide bonds. The van der Waals surface area contributed by atoms with Crippen LogP contribution in [0.2, 0.25) is 0 Å². The van der Waals surface area contributed by atoms with Crippen molar-refractivity contribution < 1.29 is 24.5 Å². The Bertz CT molecular complexity index is 757. The van der Waals surface area contributed by atoms with Crippen molar-refractivity contribution in [3.05, 3.63) is 41.5 Å². The quantitative estimate of drug-likeness (QED) is 0.822. The molecular weight excluding hydrogens is 320 g/mol. The molecule has 2 aliphatic carbocycles. The van der Waals surface area contributed by atoms with E-state index in [1.807, 2.05) is 26.0 Å². The van der Waals surface area contributed by atoms with Crippen molar-refractivity contribution in [3.63, 3.8) is 0 Å². The van der Waals surface area contributed by atoms with Crippen molar-refractivity contribution in [2.45, 2.75) is 44.7 Å². The lowest BCUT2D eigenvalue weighted by atomic mass is 9.51. The molecule has 3 unspecified atom stereocenters. The third kappa shape index (κ3) is 1.81. The standard InChI is InChI=1S/C20H24O5/c1-5-8-20-10(3)16(21)18(25-19(20)23)14-15(20)11-6-7-12(24-4)9(2)13(11)17(14)22/h5-7,10,14-16,18-19,21,23H,1,8H2,2-4H3/t10?,14-,15-,16?,18-,19?,20-/m1/s1. The average molecular weight is 344 g/mol. The van der Waals surface area contributed by atoms with Crippen LogP contribution in [0.4, 0.5) is 0 Å². The van der Waals surface area contributed by atoms with Gasteiger partial charge in [0.1, 0.15) is 5.75 Å². The normalized spacial score (nSPS) is 41.4. The van der Waals surface area contributed by atoms with E-state index < -0.39 is 29.8 Å². The van der Waals surface area contributed by atoms with Gasteiger partial charge in [0.05, 0.1) is 25.2 Å². The van der Waals surface area contributed by atoms with E-state index in [0.717, 1.165) is 11.1 Å². The van der Waals surface area contributed by atoms with Crippen LogP contribution in [0.25, 0.3) is 0 Å². The second-order valence-corrected chi connectivity index (χ2v) is 7.56. The summed E-state index contributed by atoms with van der Waals surface area (Å²) in [6.07, 6.45) is -0.288. The summed E-state index contributed by atoms with van der Waals surface area (Å²) in [5, 5.41) is 21.5. The third-order valence-corrected chi connectivity index (χ3v) is 6.78. The minimum atomic E-state index is -1.03. The number of aliphatic hydroxyl groups excluding tert-OH is 2. The summed E-state index contributed by atoms with van der Waals surface area (Å²) in [6.45, 7) is 7.65. The smallest absolute Gasteiger partial charge is 0.169 e. The van der Waals surface area contributed by atoms with Crippen LogP contribution < -0.4 is 4.74 Å². The van der Waals surface area contributed by atoms with Crippen molar-refractivity contribution in [2.24, 2.45) is 17.3 Å². The molecule has 1 aromatic carbocycles. The summed E-state index contributed by atoms with van der Waals surface area (Å²) in [5.74, 6) is -0.222. The van der Waals surface area contributed by atoms with E-state index in [2.05, 4.69) is 6.58 Å². The molecule has 134 valence electrons. The lowest BCUT2D eigenvalue weighted by molar-refractivity contribution is -0.334. The molecule has 0 aromatic heterocycles. The zero-order valence-corrected chi connectivity index (χ0v) is 14.7. The van der Waals surface area contributed by atoms with Crippen LogP contribution in [0.3, 0.4) is 0 Å². The van der Waals surface area contributed by atoms with E-state index in [4.69, 9.17) is 9.47 Å². The van der Waals surface area contributed by atoms with Crippen molar-refractivity contribution in [1.29, 1.82) is 0 Å². The highest BCUT2D eigenvalue weighted by Gasteiger charge is 2.70. The molecule has 2 N–H and O–H groups in total. The number of carbonyl (C=O) groups excluding carboxylic acids is 1. The number of ether oxygens (including phenoxy) is 2. The molecule has 2 heterocycles. The van der Waals surface area contributed by atoms with Crippen molar-refractivity contribution in [2.75, 3.05) is 7.11 Å². The first kappa shape index (κ1) is 16.8. The molecule has 7 atom stereocenters. The first-order valence-electron chi connectivity index (χ1n) is 8.74. The highest BCUT2D eigenvalue weighted by atomic mass is 16.6. The molecule has 0 radical (unpaired) electrons. The zero-order valence-electron chi connectivity index (χ0n) is 14.7. The van der Waals surface area contributed by atoms with Crippen LogP contribution in [0.5, 0.6) is 5.75 Å². The van der Waals surface area contributed by atoms with Crippen LogP contribution in [-0.2, 0) is 4.74 Å². The van der Waals surface area contributed by atoms with Crippen molar-refractivity contribution in [1.82, 2.24) is 0 Å². The van der Waals surface area contributed by atoms with E-state index >= 15 is 0 Å². The van der Waals surface area contributed by atoms with Gasteiger partial charge in [-0.15, -0.1) is 6.58 Å². The molecular formula is C20H24O5. The van der Waals surface area contributed by atoms with Crippen LogP contribution in [-0.4, -0.2) is 41.6 Å². The SMILES string of the molecule is C=CC[C@@]12C(O)O[C@@H](C(O)C1C)[C@H]1C(=O)c3c(ccc(OC)c3C)[C@H]12. The van der Waals surface area contributed by atoms with E-state index in [-0.39, 0.29) is 17.6 Å². The van der Waals surface area contributed by atoms with Crippen LogP contribution in [0, 0.1) is 24.2 Å².